The summed E-state index contributed by atoms with van der Waals surface area (Å²) in [6.07, 6.45) is 5.21. The highest BCUT2D eigenvalue weighted by atomic mass is 19.1. The summed E-state index contributed by atoms with van der Waals surface area (Å²) in [5.74, 6) is 0.0583. The fraction of sp³-hybridized carbons (Fsp3) is 0.320. The second-order valence-corrected chi connectivity index (χ2v) is 8.71. The molecule has 0 unspecified atom stereocenters. The summed E-state index contributed by atoms with van der Waals surface area (Å²) >= 11 is 0. The Balaban J connectivity index is 1.47. The van der Waals surface area contributed by atoms with Crippen LogP contribution in [0.15, 0.2) is 63.6 Å². The van der Waals surface area contributed by atoms with E-state index >= 15 is 0 Å². The third kappa shape index (κ3) is 5.04. The van der Waals surface area contributed by atoms with Crippen LogP contribution in [-0.2, 0) is 16.1 Å². The summed E-state index contributed by atoms with van der Waals surface area (Å²) in [5.41, 5.74) is 0.199. The van der Waals surface area contributed by atoms with Crippen LogP contribution in [-0.4, -0.2) is 38.1 Å². The van der Waals surface area contributed by atoms with Gasteiger partial charge in [-0.3, -0.25) is 14.5 Å². The summed E-state index contributed by atoms with van der Waals surface area (Å²) in [6, 6.07) is 11.1. The average molecular weight is 493 g/mol. The van der Waals surface area contributed by atoms with E-state index in [1.165, 1.54) is 29.4 Å². The van der Waals surface area contributed by atoms with Crippen molar-refractivity contribution in [2.75, 3.05) is 4.90 Å². The predicted molar refractivity (Wildman–Crippen MR) is 126 cm³/mol. The molecule has 1 fully saturated rings. The number of tetrazole rings is 1. The minimum absolute atomic E-state index is 0.00992. The van der Waals surface area contributed by atoms with E-state index in [1.54, 1.807) is 37.3 Å². The molecule has 10 nitrogen and oxygen atoms in total. The summed E-state index contributed by atoms with van der Waals surface area (Å²) in [4.78, 5) is 29.5. The maximum absolute atomic E-state index is 14.2. The van der Waals surface area contributed by atoms with Gasteiger partial charge in [0.1, 0.15) is 23.9 Å². The van der Waals surface area contributed by atoms with Crippen LogP contribution in [0.25, 0.3) is 11.6 Å². The highest BCUT2D eigenvalue weighted by Crippen LogP contribution is 2.30. The molecule has 5 rings (SSSR count). The number of nitrogens with one attached hydrogen (secondary N) is 1. The monoisotopic (exact) mass is 492 g/mol. The van der Waals surface area contributed by atoms with E-state index in [1.807, 2.05) is 0 Å². The van der Waals surface area contributed by atoms with Gasteiger partial charge in [0.2, 0.25) is 5.82 Å². The molecule has 1 aromatic carbocycles. The molecule has 4 aromatic rings. The van der Waals surface area contributed by atoms with Crippen LogP contribution in [0.1, 0.15) is 43.2 Å². The van der Waals surface area contributed by atoms with Crippen LogP contribution in [0.4, 0.5) is 10.1 Å². The van der Waals surface area contributed by atoms with Crippen molar-refractivity contribution in [3.8, 4) is 11.6 Å². The van der Waals surface area contributed by atoms with Crippen LogP contribution < -0.4 is 10.2 Å². The molecule has 0 radical (unpaired) electrons. The summed E-state index contributed by atoms with van der Waals surface area (Å²) in [5, 5.41) is 15.2. The lowest BCUT2D eigenvalue weighted by Gasteiger charge is -2.30. The van der Waals surface area contributed by atoms with Crippen LogP contribution in [0.2, 0.25) is 0 Å². The van der Waals surface area contributed by atoms with Crippen molar-refractivity contribution in [2.24, 2.45) is 0 Å². The molecule has 36 heavy (non-hydrogen) atoms. The van der Waals surface area contributed by atoms with Crippen molar-refractivity contribution >= 4 is 17.5 Å². The number of halogens is 1. The highest BCUT2D eigenvalue weighted by Gasteiger charge is 2.36. The fourth-order valence-electron chi connectivity index (χ4n) is 4.39. The SMILES string of the molecule is Cc1ccc(-c2nnn(CC(=O)N(c3cccc(F)c3)[C@H](C(=O)NC3CCCC3)c3ccco3)n2)o1. The Labute approximate surface area is 206 Å². The molecule has 3 heterocycles. The van der Waals surface area contributed by atoms with Crippen molar-refractivity contribution in [3.05, 3.63) is 72.1 Å². The number of aryl methyl sites for hydroxylation is 1. The van der Waals surface area contributed by atoms with Gasteiger partial charge in [-0.15, -0.1) is 10.2 Å². The Kier molecular flexibility index (Phi) is 6.61. The van der Waals surface area contributed by atoms with Gasteiger partial charge in [-0.1, -0.05) is 18.9 Å². The molecule has 0 bridgehead atoms. The number of nitrogens with zero attached hydrogens (tertiary/aromatic N) is 5. The standard InChI is InChI=1S/C25H25FN6O4/c1-16-11-12-21(36-16)24-28-30-31(29-24)15-22(33)32(19-9-4-6-17(26)14-19)23(20-10-5-13-35-20)25(34)27-18-7-2-3-8-18/h4-6,9-14,18,23H,2-3,7-8,15H2,1H3,(H,27,34)/t23-/m0/s1. The van der Waals surface area contributed by atoms with Crippen molar-refractivity contribution in [3.63, 3.8) is 0 Å². The maximum Gasteiger partial charge on any atom is 0.251 e. The Morgan fingerprint density at radius 2 is 2.03 bits per heavy atom. The van der Waals surface area contributed by atoms with E-state index in [-0.39, 0.29) is 29.9 Å². The first-order chi connectivity index (χ1) is 17.5. The van der Waals surface area contributed by atoms with Gasteiger partial charge in [-0.05, 0) is 67.4 Å². The second kappa shape index (κ2) is 10.1. The topological polar surface area (TPSA) is 119 Å². The van der Waals surface area contributed by atoms with E-state index in [9.17, 15) is 14.0 Å². The zero-order chi connectivity index (χ0) is 25.1. The molecule has 0 aliphatic heterocycles. The Morgan fingerprint density at radius 1 is 1.19 bits per heavy atom. The highest BCUT2D eigenvalue weighted by molar-refractivity contribution is 6.01. The third-order valence-corrected chi connectivity index (χ3v) is 6.07. The van der Waals surface area contributed by atoms with E-state index in [4.69, 9.17) is 8.83 Å². The van der Waals surface area contributed by atoms with Gasteiger partial charge in [0.25, 0.3) is 11.8 Å². The van der Waals surface area contributed by atoms with Crippen LogP contribution in [0.3, 0.4) is 0 Å². The van der Waals surface area contributed by atoms with Crippen molar-refractivity contribution < 1.29 is 22.8 Å². The number of benzene rings is 1. The van der Waals surface area contributed by atoms with E-state index < -0.39 is 23.7 Å². The first-order valence-corrected chi connectivity index (χ1v) is 11.7. The molecule has 186 valence electrons. The molecule has 3 aromatic heterocycles. The number of carbonyl (C=O) groups excluding carboxylic acids is 2. The number of furan rings is 2. The number of carbonyl (C=O) groups is 2. The average Bonchev–Trinajstić information content (AvgIpc) is 3.65. The normalized spacial score (nSPS) is 14.6. The zero-order valence-corrected chi connectivity index (χ0v) is 19.6. The lowest BCUT2D eigenvalue weighted by molar-refractivity contribution is -0.128. The minimum atomic E-state index is -1.16. The lowest BCUT2D eigenvalue weighted by atomic mass is 10.1. The summed E-state index contributed by atoms with van der Waals surface area (Å²) < 4.78 is 25.3. The number of rotatable bonds is 8. The molecule has 11 heteroatoms. The number of hydrogen-bond acceptors (Lipinski definition) is 7. The Morgan fingerprint density at radius 3 is 2.72 bits per heavy atom. The molecule has 0 saturated heterocycles. The first kappa shape index (κ1) is 23.5. The Hall–Kier alpha value is -4.28. The molecular weight excluding hydrogens is 467 g/mol. The number of amides is 2. The lowest BCUT2D eigenvalue weighted by Crippen LogP contribution is -2.47. The van der Waals surface area contributed by atoms with Crippen LogP contribution in [0, 0.1) is 12.7 Å². The molecule has 1 atom stereocenters. The summed E-state index contributed by atoms with van der Waals surface area (Å²) in [7, 11) is 0. The third-order valence-electron chi connectivity index (χ3n) is 6.07. The number of anilines is 1. The quantitative estimate of drug-likeness (QED) is 0.397. The van der Waals surface area contributed by atoms with Gasteiger partial charge < -0.3 is 14.2 Å². The van der Waals surface area contributed by atoms with Crippen LogP contribution >= 0.6 is 0 Å². The maximum atomic E-state index is 14.2. The van der Waals surface area contributed by atoms with Gasteiger partial charge in [-0.25, -0.2) is 4.39 Å². The van der Waals surface area contributed by atoms with Crippen molar-refractivity contribution in [1.29, 1.82) is 0 Å². The zero-order valence-electron chi connectivity index (χ0n) is 19.6. The molecular formula is C25H25FN6O4. The second-order valence-electron chi connectivity index (χ2n) is 8.71. The molecule has 0 spiro atoms. The molecule has 1 aliphatic rings. The number of aromatic nitrogens is 4. The fourth-order valence-corrected chi connectivity index (χ4v) is 4.39. The van der Waals surface area contributed by atoms with Crippen molar-refractivity contribution in [2.45, 2.75) is 51.2 Å². The van der Waals surface area contributed by atoms with Gasteiger partial charge in [0, 0.05) is 11.7 Å². The van der Waals surface area contributed by atoms with Gasteiger partial charge in [0.15, 0.2) is 11.8 Å². The van der Waals surface area contributed by atoms with Crippen molar-refractivity contribution in [1.82, 2.24) is 25.5 Å². The van der Waals surface area contributed by atoms with Gasteiger partial charge in [0.05, 0.1) is 6.26 Å². The van der Waals surface area contributed by atoms with E-state index in [0.717, 1.165) is 30.5 Å². The minimum Gasteiger partial charge on any atom is -0.467 e. The summed E-state index contributed by atoms with van der Waals surface area (Å²) in [6.45, 7) is 1.44. The molecule has 1 aliphatic carbocycles. The first-order valence-electron chi connectivity index (χ1n) is 11.7. The van der Waals surface area contributed by atoms with Gasteiger partial charge in [-0.2, -0.15) is 4.80 Å². The largest absolute Gasteiger partial charge is 0.467 e. The van der Waals surface area contributed by atoms with Crippen LogP contribution in [0.5, 0.6) is 0 Å². The van der Waals surface area contributed by atoms with Gasteiger partial charge >= 0.3 is 0 Å². The predicted octanol–water partition coefficient (Wildman–Crippen LogP) is 3.81. The molecule has 1 N–H and O–H groups in total. The van der Waals surface area contributed by atoms with E-state index in [2.05, 4.69) is 20.7 Å². The number of hydrogen-bond donors (Lipinski definition) is 1. The molecule has 1 saturated carbocycles. The smallest absolute Gasteiger partial charge is 0.251 e. The molecule has 2 amide bonds. The van der Waals surface area contributed by atoms with E-state index in [0.29, 0.717) is 11.5 Å². The Bertz CT molecular complexity index is 1340.